The predicted octanol–water partition coefficient (Wildman–Crippen LogP) is 4.01. The summed E-state index contributed by atoms with van der Waals surface area (Å²) in [6.45, 7) is 2.29. The third kappa shape index (κ3) is 4.15. The maximum Gasteiger partial charge on any atom is 0.351 e. The van der Waals surface area contributed by atoms with E-state index in [1.165, 1.54) is 9.08 Å². The molecule has 0 spiro atoms. The zero-order chi connectivity index (χ0) is 25.2. The van der Waals surface area contributed by atoms with Gasteiger partial charge in [-0.05, 0) is 55.5 Å². The number of methoxy groups -OCH3 is 2. The molecule has 0 atom stereocenters. The molecule has 5 aromatic rings. The lowest BCUT2D eigenvalue weighted by atomic mass is 10.1. The van der Waals surface area contributed by atoms with Crippen molar-refractivity contribution in [3.8, 4) is 28.6 Å². The van der Waals surface area contributed by atoms with E-state index in [1.807, 2.05) is 25.1 Å². The van der Waals surface area contributed by atoms with E-state index >= 15 is 0 Å². The van der Waals surface area contributed by atoms with Gasteiger partial charge in [-0.2, -0.15) is 4.52 Å². The van der Waals surface area contributed by atoms with Gasteiger partial charge in [0.15, 0.2) is 17.3 Å². The number of fused-ring (bicyclic) bond motifs is 3. The Morgan fingerprint density at radius 2 is 1.61 bits per heavy atom. The number of carbonyl (C=O) groups excluding carboxylic acids is 1. The lowest BCUT2D eigenvalue weighted by molar-refractivity contribution is 0.0971. The van der Waals surface area contributed by atoms with E-state index in [2.05, 4.69) is 10.1 Å². The molecule has 0 amide bonds. The van der Waals surface area contributed by atoms with Crippen molar-refractivity contribution in [3.05, 3.63) is 82.8 Å². The Labute approximate surface area is 206 Å². The Kier molecular flexibility index (Phi) is 6.12. The smallest absolute Gasteiger partial charge is 0.351 e. The van der Waals surface area contributed by atoms with Crippen molar-refractivity contribution in [3.63, 3.8) is 0 Å². The highest BCUT2D eigenvalue weighted by molar-refractivity contribution is 5.98. The molecule has 0 saturated heterocycles. The molecule has 0 fully saturated rings. The minimum absolute atomic E-state index is 0.147. The standard InChI is InChI=1S/C27H24N4O5/c1-4-36-19-11-9-17(10-12-19)24(32)16-30-23-8-6-5-7-22(23)26-28-25(29-31(26)27(30)33)18-13-20(34-2)15-21(14-18)35-3/h5-15H,4,16H2,1-3H3. The van der Waals surface area contributed by atoms with Crippen molar-refractivity contribution >= 4 is 22.3 Å². The number of hydrogen-bond acceptors (Lipinski definition) is 7. The van der Waals surface area contributed by atoms with Crippen molar-refractivity contribution in [1.29, 1.82) is 0 Å². The number of ether oxygens (including phenoxy) is 3. The highest BCUT2D eigenvalue weighted by atomic mass is 16.5. The van der Waals surface area contributed by atoms with E-state index < -0.39 is 5.69 Å². The second kappa shape index (κ2) is 9.53. The van der Waals surface area contributed by atoms with Crippen LogP contribution in [0.3, 0.4) is 0 Å². The molecule has 182 valence electrons. The number of carbonyl (C=O) groups is 1. The molecule has 5 rings (SSSR count). The van der Waals surface area contributed by atoms with Crippen LogP contribution in [0.15, 0.2) is 71.5 Å². The summed E-state index contributed by atoms with van der Waals surface area (Å²) in [7, 11) is 3.12. The zero-order valence-corrected chi connectivity index (χ0v) is 20.1. The molecule has 9 nitrogen and oxygen atoms in total. The number of para-hydroxylation sites is 1. The molecule has 9 heteroatoms. The van der Waals surface area contributed by atoms with Crippen LogP contribution >= 0.6 is 0 Å². The normalized spacial score (nSPS) is 11.1. The highest BCUT2D eigenvalue weighted by Crippen LogP contribution is 2.29. The van der Waals surface area contributed by atoms with Crippen LogP contribution in [0, 0.1) is 0 Å². The first-order valence-corrected chi connectivity index (χ1v) is 11.4. The van der Waals surface area contributed by atoms with E-state index in [0.29, 0.717) is 57.4 Å². The number of aromatic nitrogens is 4. The average molecular weight is 485 g/mol. The molecular weight excluding hydrogens is 460 g/mol. The average Bonchev–Trinajstić information content (AvgIpc) is 3.37. The van der Waals surface area contributed by atoms with Crippen molar-refractivity contribution in [2.24, 2.45) is 0 Å². The largest absolute Gasteiger partial charge is 0.497 e. The van der Waals surface area contributed by atoms with Gasteiger partial charge >= 0.3 is 5.69 Å². The summed E-state index contributed by atoms with van der Waals surface area (Å²) in [6.07, 6.45) is 0. The van der Waals surface area contributed by atoms with Gasteiger partial charge in [0.25, 0.3) is 0 Å². The Bertz CT molecular complexity index is 1610. The van der Waals surface area contributed by atoms with Crippen LogP contribution in [0.2, 0.25) is 0 Å². The summed E-state index contributed by atoms with van der Waals surface area (Å²) < 4.78 is 18.8. The van der Waals surface area contributed by atoms with Crippen LogP contribution in [0.5, 0.6) is 17.2 Å². The third-order valence-corrected chi connectivity index (χ3v) is 5.85. The molecule has 0 N–H and O–H groups in total. The lowest BCUT2D eigenvalue weighted by Gasteiger charge is -2.11. The molecule has 36 heavy (non-hydrogen) atoms. The van der Waals surface area contributed by atoms with E-state index in [-0.39, 0.29) is 12.3 Å². The lowest BCUT2D eigenvalue weighted by Crippen LogP contribution is -2.30. The minimum atomic E-state index is -0.461. The Balaban J connectivity index is 1.62. The number of Topliss-reactive ketones (excluding diaryl/α,β-unsaturated/α-hetero) is 1. The molecule has 0 radical (unpaired) electrons. The fourth-order valence-electron chi connectivity index (χ4n) is 4.09. The summed E-state index contributed by atoms with van der Waals surface area (Å²) in [5.74, 6) is 1.97. The molecule has 0 unspecified atom stereocenters. The maximum atomic E-state index is 13.5. The van der Waals surface area contributed by atoms with Crippen LogP contribution in [0.1, 0.15) is 17.3 Å². The number of rotatable bonds is 8. The van der Waals surface area contributed by atoms with Gasteiger partial charge in [-0.25, -0.2) is 9.78 Å². The predicted molar refractivity (Wildman–Crippen MR) is 135 cm³/mol. The number of nitrogens with zero attached hydrogens (tertiary/aromatic N) is 4. The Morgan fingerprint density at radius 1 is 0.917 bits per heavy atom. The van der Waals surface area contributed by atoms with Gasteiger partial charge in [-0.1, -0.05) is 12.1 Å². The highest BCUT2D eigenvalue weighted by Gasteiger charge is 2.19. The van der Waals surface area contributed by atoms with Gasteiger partial charge in [-0.3, -0.25) is 9.36 Å². The second-order valence-corrected chi connectivity index (χ2v) is 8.04. The summed E-state index contributed by atoms with van der Waals surface area (Å²) in [6, 6.07) is 19.5. The quantitative estimate of drug-likeness (QED) is 0.307. The van der Waals surface area contributed by atoms with Gasteiger partial charge in [-0.15, -0.1) is 5.10 Å². The van der Waals surface area contributed by atoms with E-state index in [4.69, 9.17) is 14.2 Å². The van der Waals surface area contributed by atoms with Gasteiger partial charge in [0.2, 0.25) is 0 Å². The molecule has 2 aromatic heterocycles. The Morgan fingerprint density at radius 3 is 2.28 bits per heavy atom. The first-order chi connectivity index (χ1) is 17.5. The van der Waals surface area contributed by atoms with Crippen LogP contribution in [0.25, 0.3) is 27.9 Å². The summed E-state index contributed by atoms with van der Waals surface area (Å²) >= 11 is 0. The van der Waals surface area contributed by atoms with E-state index in [9.17, 15) is 9.59 Å². The molecule has 0 bridgehead atoms. The molecule has 2 heterocycles. The monoisotopic (exact) mass is 484 g/mol. The van der Waals surface area contributed by atoms with Gasteiger partial charge in [0.1, 0.15) is 17.2 Å². The first-order valence-electron chi connectivity index (χ1n) is 11.4. The molecular formula is C27H24N4O5. The van der Waals surface area contributed by atoms with Crippen LogP contribution in [-0.4, -0.2) is 45.8 Å². The molecule has 0 saturated carbocycles. The van der Waals surface area contributed by atoms with Gasteiger partial charge in [0.05, 0.1) is 32.9 Å². The van der Waals surface area contributed by atoms with Crippen molar-refractivity contribution in [1.82, 2.24) is 19.2 Å². The summed E-state index contributed by atoms with van der Waals surface area (Å²) in [5, 5.41) is 5.19. The Hall–Kier alpha value is -4.66. The molecule has 0 aliphatic carbocycles. The van der Waals surface area contributed by atoms with Gasteiger partial charge in [0, 0.05) is 22.6 Å². The van der Waals surface area contributed by atoms with Crippen molar-refractivity contribution < 1.29 is 19.0 Å². The summed E-state index contributed by atoms with van der Waals surface area (Å²) in [5.41, 5.74) is 1.65. The van der Waals surface area contributed by atoms with Gasteiger partial charge < -0.3 is 14.2 Å². The number of ketones is 1. The second-order valence-electron chi connectivity index (χ2n) is 8.04. The number of benzene rings is 3. The third-order valence-electron chi connectivity index (χ3n) is 5.85. The van der Waals surface area contributed by atoms with Crippen LogP contribution < -0.4 is 19.9 Å². The van der Waals surface area contributed by atoms with E-state index in [1.54, 1.807) is 62.8 Å². The maximum absolute atomic E-state index is 13.5. The van der Waals surface area contributed by atoms with E-state index in [0.717, 1.165) is 0 Å². The zero-order valence-electron chi connectivity index (χ0n) is 20.1. The van der Waals surface area contributed by atoms with Crippen molar-refractivity contribution in [2.75, 3.05) is 20.8 Å². The fourth-order valence-corrected chi connectivity index (χ4v) is 4.09. The SMILES string of the molecule is CCOc1ccc(C(=O)Cn2c(=O)n3nc(-c4cc(OC)cc(OC)c4)nc3c3ccccc32)cc1. The number of hydrogen-bond donors (Lipinski definition) is 0. The molecule has 0 aliphatic heterocycles. The van der Waals surface area contributed by atoms with Crippen LogP contribution in [0.4, 0.5) is 0 Å². The van der Waals surface area contributed by atoms with Crippen LogP contribution in [-0.2, 0) is 6.54 Å². The first kappa shape index (κ1) is 23.1. The summed E-state index contributed by atoms with van der Waals surface area (Å²) in [4.78, 5) is 31.3. The van der Waals surface area contributed by atoms with Crippen molar-refractivity contribution in [2.45, 2.75) is 13.5 Å². The minimum Gasteiger partial charge on any atom is -0.497 e. The molecule has 3 aromatic carbocycles. The topological polar surface area (TPSA) is 97.0 Å². The molecule has 0 aliphatic rings. The fraction of sp³-hybridized carbons (Fsp3) is 0.185.